The summed E-state index contributed by atoms with van der Waals surface area (Å²) in [5.74, 6) is -0.787. The van der Waals surface area contributed by atoms with Crippen molar-refractivity contribution in [1.82, 2.24) is 9.78 Å². The zero-order valence-corrected chi connectivity index (χ0v) is 11.5. The Morgan fingerprint density at radius 1 is 1.50 bits per heavy atom. The molecule has 2 heterocycles. The molecule has 5 nitrogen and oxygen atoms in total. The third kappa shape index (κ3) is 1.98. The van der Waals surface area contributed by atoms with E-state index in [1.165, 1.54) is 0 Å². The van der Waals surface area contributed by atoms with Crippen molar-refractivity contribution in [3.05, 3.63) is 30.0 Å². The Bertz CT molecular complexity index is 642. The molecule has 106 valence electrons. The fourth-order valence-corrected chi connectivity index (χ4v) is 2.88. The van der Waals surface area contributed by atoms with Crippen LogP contribution in [0.1, 0.15) is 19.0 Å². The normalized spacial score (nSPS) is 22.4. The van der Waals surface area contributed by atoms with Gasteiger partial charge in [0, 0.05) is 25.0 Å². The molecule has 1 atom stereocenters. The van der Waals surface area contributed by atoms with Gasteiger partial charge in [0.05, 0.1) is 23.2 Å². The van der Waals surface area contributed by atoms with Gasteiger partial charge in [-0.2, -0.15) is 5.10 Å². The Kier molecular flexibility index (Phi) is 3.22. The van der Waals surface area contributed by atoms with Crippen molar-refractivity contribution >= 4 is 16.9 Å². The summed E-state index contributed by atoms with van der Waals surface area (Å²) in [6, 6.07) is 7.97. The summed E-state index contributed by atoms with van der Waals surface area (Å²) >= 11 is 0. The van der Waals surface area contributed by atoms with Crippen LogP contribution in [0.3, 0.4) is 0 Å². The second-order valence-electron chi connectivity index (χ2n) is 5.34. The maximum Gasteiger partial charge on any atom is 0.312 e. The van der Waals surface area contributed by atoms with E-state index in [9.17, 15) is 9.90 Å². The molecule has 3 rings (SSSR count). The average molecular weight is 274 g/mol. The molecule has 1 unspecified atom stereocenters. The number of para-hydroxylation sites is 1. The molecule has 1 aromatic heterocycles. The van der Waals surface area contributed by atoms with Crippen LogP contribution >= 0.6 is 0 Å². The molecule has 1 saturated heterocycles. The molecule has 20 heavy (non-hydrogen) atoms. The maximum absolute atomic E-state index is 11.6. The Morgan fingerprint density at radius 2 is 2.30 bits per heavy atom. The molecular weight excluding hydrogens is 256 g/mol. The number of carboxylic acid groups (broad SMARTS) is 1. The van der Waals surface area contributed by atoms with E-state index >= 15 is 0 Å². The average Bonchev–Trinajstić information content (AvgIpc) is 3.06. The van der Waals surface area contributed by atoms with Gasteiger partial charge in [0.1, 0.15) is 0 Å². The SMILES string of the molecule is CCn1nc(CC2(C(=O)O)CCOC2)c2ccccc21. The predicted molar refractivity (Wildman–Crippen MR) is 74.6 cm³/mol. The van der Waals surface area contributed by atoms with Gasteiger partial charge >= 0.3 is 5.97 Å². The van der Waals surface area contributed by atoms with E-state index in [4.69, 9.17) is 4.74 Å². The molecule has 1 fully saturated rings. The van der Waals surface area contributed by atoms with Crippen LogP contribution in [0.4, 0.5) is 0 Å². The third-order valence-corrected chi connectivity index (χ3v) is 4.10. The minimum Gasteiger partial charge on any atom is -0.481 e. The number of hydrogen-bond donors (Lipinski definition) is 1. The molecular formula is C15H18N2O3. The van der Waals surface area contributed by atoms with Crippen LogP contribution in [0.15, 0.2) is 24.3 Å². The quantitative estimate of drug-likeness (QED) is 0.927. The first kappa shape index (κ1) is 13.1. The van der Waals surface area contributed by atoms with Crippen LogP contribution in [0.5, 0.6) is 0 Å². The van der Waals surface area contributed by atoms with Crippen LogP contribution < -0.4 is 0 Å². The molecule has 0 spiro atoms. The van der Waals surface area contributed by atoms with Crippen LogP contribution in [0, 0.1) is 5.41 Å². The lowest BCUT2D eigenvalue weighted by Gasteiger charge is -2.20. The largest absolute Gasteiger partial charge is 0.481 e. The number of aromatic nitrogens is 2. The highest BCUT2D eigenvalue weighted by molar-refractivity contribution is 5.83. The first-order valence-corrected chi connectivity index (χ1v) is 6.92. The summed E-state index contributed by atoms with van der Waals surface area (Å²) in [6.07, 6.45) is 0.978. The van der Waals surface area contributed by atoms with Crippen LogP contribution in [0.2, 0.25) is 0 Å². The zero-order chi connectivity index (χ0) is 14.2. The van der Waals surface area contributed by atoms with Gasteiger partial charge in [0.2, 0.25) is 0 Å². The van der Waals surface area contributed by atoms with E-state index in [0.717, 1.165) is 23.1 Å². The summed E-state index contributed by atoms with van der Waals surface area (Å²) in [4.78, 5) is 11.6. The standard InChI is InChI=1S/C15H18N2O3/c1-2-17-13-6-4-3-5-11(13)12(16-17)9-15(14(18)19)7-8-20-10-15/h3-6H,2,7-10H2,1H3,(H,18,19). The number of ether oxygens (including phenoxy) is 1. The van der Waals surface area contributed by atoms with Crippen molar-refractivity contribution in [2.45, 2.75) is 26.3 Å². The van der Waals surface area contributed by atoms with E-state index in [1.807, 2.05) is 35.9 Å². The molecule has 1 aromatic carbocycles. The lowest BCUT2D eigenvalue weighted by atomic mass is 9.82. The summed E-state index contributed by atoms with van der Waals surface area (Å²) in [5.41, 5.74) is 1.09. The Labute approximate surface area is 117 Å². The summed E-state index contributed by atoms with van der Waals surface area (Å²) in [5, 5.41) is 15.2. The molecule has 2 aromatic rings. The van der Waals surface area contributed by atoms with Gasteiger partial charge in [-0.05, 0) is 19.4 Å². The molecule has 0 amide bonds. The second kappa shape index (κ2) is 4.90. The number of aryl methyl sites for hydroxylation is 1. The smallest absolute Gasteiger partial charge is 0.312 e. The van der Waals surface area contributed by atoms with Crippen molar-refractivity contribution in [3.8, 4) is 0 Å². The van der Waals surface area contributed by atoms with E-state index in [-0.39, 0.29) is 6.61 Å². The van der Waals surface area contributed by atoms with Crippen molar-refractivity contribution in [2.24, 2.45) is 5.41 Å². The molecule has 1 aliphatic rings. The molecule has 0 saturated carbocycles. The highest BCUT2D eigenvalue weighted by atomic mass is 16.5. The van der Waals surface area contributed by atoms with E-state index < -0.39 is 11.4 Å². The predicted octanol–water partition coefficient (Wildman–Crippen LogP) is 2.09. The summed E-state index contributed by atoms with van der Waals surface area (Å²) in [7, 11) is 0. The van der Waals surface area contributed by atoms with Gasteiger partial charge in [-0.3, -0.25) is 9.48 Å². The van der Waals surface area contributed by atoms with E-state index in [1.54, 1.807) is 0 Å². The number of aliphatic carboxylic acids is 1. The second-order valence-corrected chi connectivity index (χ2v) is 5.34. The lowest BCUT2D eigenvalue weighted by Crippen LogP contribution is -2.34. The number of benzene rings is 1. The maximum atomic E-state index is 11.6. The fourth-order valence-electron chi connectivity index (χ4n) is 2.88. The van der Waals surface area contributed by atoms with Crippen LogP contribution in [-0.2, 0) is 22.5 Å². The number of fused-ring (bicyclic) bond motifs is 1. The van der Waals surface area contributed by atoms with Crippen LogP contribution in [-0.4, -0.2) is 34.1 Å². The van der Waals surface area contributed by atoms with Crippen LogP contribution in [0.25, 0.3) is 10.9 Å². The Morgan fingerprint density at radius 3 is 2.95 bits per heavy atom. The van der Waals surface area contributed by atoms with Crippen molar-refractivity contribution in [2.75, 3.05) is 13.2 Å². The van der Waals surface area contributed by atoms with Gasteiger partial charge < -0.3 is 9.84 Å². The number of carboxylic acids is 1. The van der Waals surface area contributed by atoms with Gasteiger partial charge in [0.15, 0.2) is 0 Å². The number of rotatable bonds is 4. The highest BCUT2D eigenvalue weighted by Gasteiger charge is 2.43. The van der Waals surface area contributed by atoms with Crippen molar-refractivity contribution in [1.29, 1.82) is 0 Å². The summed E-state index contributed by atoms with van der Waals surface area (Å²) in [6.45, 7) is 3.60. The molecule has 0 bridgehead atoms. The van der Waals surface area contributed by atoms with Crippen molar-refractivity contribution in [3.63, 3.8) is 0 Å². The lowest BCUT2D eigenvalue weighted by molar-refractivity contribution is -0.148. The Balaban J connectivity index is 2.04. The van der Waals surface area contributed by atoms with Gasteiger partial charge in [-0.25, -0.2) is 0 Å². The van der Waals surface area contributed by atoms with Crippen molar-refractivity contribution < 1.29 is 14.6 Å². The zero-order valence-electron chi connectivity index (χ0n) is 11.5. The van der Waals surface area contributed by atoms with Gasteiger partial charge in [-0.1, -0.05) is 18.2 Å². The minimum absolute atomic E-state index is 0.273. The molecule has 0 aliphatic carbocycles. The number of nitrogens with zero attached hydrogens (tertiary/aromatic N) is 2. The topological polar surface area (TPSA) is 64.4 Å². The fraction of sp³-hybridized carbons (Fsp3) is 0.467. The van der Waals surface area contributed by atoms with E-state index in [0.29, 0.717) is 19.4 Å². The molecule has 0 radical (unpaired) electrons. The summed E-state index contributed by atoms with van der Waals surface area (Å²) < 4.78 is 7.25. The number of carbonyl (C=O) groups is 1. The molecule has 1 aliphatic heterocycles. The Hall–Kier alpha value is -1.88. The molecule has 5 heteroatoms. The minimum atomic E-state index is -0.824. The first-order valence-electron chi connectivity index (χ1n) is 6.92. The number of hydrogen-bond acceptors (Lipinski definition) is 3. The monoisotopic (exact) mass is 274 g/mol. The van der Waals surface area contributed by atoms with E-state index in [2.05, 4.69) is 5.10 Å². The first-order chi connectivity index (χ1) is 9.66. The highest BCUT2D eigenvalue weighted by Crippen LogP contribution is 2.34. The van der Waals surface area contributed by atoms with Gasteiger partial charge in [0.25, 0.3) is 0 Å². The van der Waals surface area contributed by atoms with Gasteiger partial charge in [-0.15, -0.1) is 0 Å². The molecule has 1 N–H and O–H groups in total. The third-order valence-electron chi connectivity index (χ3n) is 4.10.